The van der Waals surface area contributed by atoms with Crippen molar-refractivity contribution in [2.45, 2.75) is 6.54 Å². The van der Waals surface area contributed by atoms with Gasteiger partial charge in [-0.3, -0.25) is 0 Å². The Hall–Kier alpha value is -2.55. The second-order valence-corrected chi connectivity index (χ2v) is 5.84. The lowest BCUT2D eigenvalue weighted by molar-refractivity contribution is 0.322. The Balaban J connectivity index is 2.09. The van der Waals surface area contributed by atoms with E-state index in [2.05, 4.69) is 30.9 Å². The summed E-state index contributed by atoms with van der Waals surface area (Å²) in [5, 5.41) is 0. The molecule has 0 amide bonds. The molecule has 8 nitrogen and oxygen atoms in total. The number of ether oxygens (including phenoxy) is 4. The Morgan fingerprint density at radius 3 is 2.36 bits per heavy atom. The fraction of sp³-hybridized carbons (Fsp3) is 0.312. The van der Waals surface area contributed by atoms with Crippen molar-refractivity contribution in [2.75, 3.05) is 28.4 Å². The number of rotatable bonds is 6. The Morgan fingerprint density at radius 1 is 0.960 bits per heavy atom. The maximum Gasteiger partial charge on any atom is 0.245 e. The van der Waals surface area contributed by atoms with Crippen LogP contribution in [0.1, 0.15) is 5.56 Å². The number of imidazole rings is 1. The predicted octanol–water partition coefficient (Wildman–Crippen LogP) is 2.67. The highest BCUT2D eigenvalue weighted by Crippen LogP contribution is 2.45. The van der Waals surface area contributed by atoms with Gasteiger partial charge in [0.15, 0.2) is 22.7 Å². The average Bonchev–Trinajstić information content (AvgIpc) is 3.05. The van der Waals surface area contributed by atoms with E-state index in [0.717, 1.165) is 10.0 Å². The molecule has 9 heteroatoms. The molecule has 3 aromatic rings. The van der Waals surface area contributed by atoms with Gasteiger partial charge in [-0.05, 0) is 27.6 Å². The number of fused-ring (bicyclic) bond motifs is 1. The Bertz CT molecular complexity index is 913. The SMILES string of the molecule is COc1cc(Cn2cnc3c(OC)ncnc32)c(Br)c(OC)c1OC. The summed E-state index contributed by atoms with van der Waals surface area (Å²) in [6.07, 6.45) is 3.14. The quantitative estimate of drug-likeness (QED) is 0.619. The van der Waals surface area contributed by atoms with Crippen LogP contribution < -0.4 is 18.9 Å². The number of hydrogen-bond acceptors (Lipinski definition) is 7. The number of hydrogen-bond donors (Lipinski definition) is 0. The largest absolute Gasteiger partial charge is 0.493 e. The van der Waals surface area contributed by atoms with Crippen LogP contribution in [0.2, 0.25) is 0 Å². The molecule has 0 aliphatic rings. The second kappa shape index (κ2) is 7.14. The first-order valence-electron chi connectivity index (χ1n) is 7.31. The van der Waals surface area contributed by atoms with Gasteiger partial charge >= 0.3 is 0 Å². The third kappa shape index (κ3) is 2.95. The van der Waals surface area contributed by atoms with Gasteiger partial charge in [-0.25, -0.2) is 9.97 Å². The highest BCUT2D eigenvalue weighted by molar-refractivity contribution is 9.10. The topological polar surface area (TPSA) is 80.5 Å². The highest BCUT2D eigenvalue weighted by atomic mass is 79.9. The van der Waals surface area contributed by atoms with Crippen LogP contribution in [-0.2, 0) is 6.54 Å². The van der Waals surface area contributed by atoms with Crippen molar-refractivity contribution in [1.29, 1.82) is 0 Å². The summed E-state index contributed by atoms with van der Waals surface area (Å²) in [6.45, 7) is 0.494. The van der Waals surface area contributed by atoms with Gasteiger partial charge in [-0.1, -0.05) is 0 Å². The number of aromatic nitrogens is 4. The predicted molar refractivity (Wildman–Crippen MR) is 94.8 cm³/mol. The molecule has 25 heavy (non-hydrogen) atoms. The highest BCUT2D eigenvalue weighted by Gasteiger charge is 2.20. The van der Waals surface area contributed by atoms with E-state index in [-0.39, 0.29) is 0 Å². The van der Waals surface area contributed by atoms with Crippen LogP contribution in [0.3, 0.4) is 0 Å². The summed E-state index contributed by atoms with van der Waals surface area (Å²) in [7, 11) is 6.28. The summed E-state index contributed by atoms with van der Waals surface area (Å²) in [4.78, 5) is 12.7. The average molecular weight is 409 g/mol. The summed E-state index contributed by atoms with van der Waals surface area (Å²) in [5.41, 5.74) is 2.20. The fourth-order valence-electron chi connectivity index (χ4n) is 2.59. The number of halogens is 1. The Kier molecular flexibility index (Phi) is 4.93. The second-order valence-electron chi connectivity index (χ2n) is 5.05. The van der Waals surface area contributed by atoms with Crippen LogP contribution in [0, 0.1) is 0 Å². The van der Waals surface area contributed by atoms with Crippen LogP contribution >= 0.6 is 15.9 Å². The first-order chi connectivity index (χ1) is 12.1. The molecule has 2 heterocycles. The monoisotopic (exact) mass is 408 g/mol. The van der Waals surface area contributed by atoms with E-state index in [1.54, 1.807) is 34.8 Å². The lowest BCUT2D eigenvalue weighted by Crippen LogP contribution is -2.04. The normalized spacial score (nSPS) is 10.8. The van der Waals surface area contributed by atoms with Crippen LogP contribution in [0.25, 0.3) is 11.2 Å². The smallest absolute Gasteiger partial charge is 0.245 e. The summed E-state index contributed by atoms with van der Waals surface area (Å²) in [5.74, 6) is 2.11. The molecule has 0 N–H and O–H groups in total. The molecule has 3 rings (SSSR count). The van der Waals surface area contributed by atoms with Gasteiger partial charge in [0.2, 0.25) is 11.6 Å². The molecule has 0 unspecified atom stereocenters. The molecule has 0 saturated heterocycles. The zero-order valence-electron chi connectivity index (χ0n) is 14.2. The third-order valence-electron chi connectivity index (χ3n) is 3.75. The van der Waals surface area contributed by atoms with E-state index in [1.165, 1.54) is 6.33 Å². The van der Waals surface area contributed by atoms with Gasteiger partial charge in [0.1, 0.15) is 6.33 Å². The number of methoxy groups -OCH3 is 4. The van der Waals surface area contributed by atoms with Crippen molar-refractivity contribution in [1.82, 2.24) is 19.5 Å². The summed E-state index contributed by atoms with van der Waals surface area (Å²) in [6, 6.07) is 1.88. The maximum absolute atomic E-state index is 5.47. The van der Waals surface area contributed by atoms with Crippen LogP contribution in [0.5, 0.6) is 23.1 Å². The van der Waals surface area contributed by atoms with Gasteiger partial charge in [0.25, 0.3) is 0 Å². The molecule has 132 valence electrons. The third-order valence-corrected chi connectivity index (χ3v) is 4.62. The Labute approximate surface area is 152 Å². The van der Waals surface area contributed by atoms with Gasteiger partial charge in [0, 0.05) is 0 Å². The van der Waals surface area contributed by atoms with Gasteiger partial charge in [-0.2, -0.15) is 4.98 Å². The standard InChI is InChI=1S/C16H17BrN4O4/c1-22-10-5-9(11(17)14(24-3)13(10)23-2)6-21-8-20-12-15(21)18-7-19-16(12)25-4/h5,7-8H,6H2,1-4H3. The molecule has 0 saturated carbocycles. The molecule has 0 atom stereocenters. The van der Waals surface area contributed by atoms with Crippen LogP contribution in [0.15, 0.2) is 23.2 Å². The van der Waals surface area contributed by atoms with E-state index >= 15 is 0 Å². The van der Waals surface area contributed by atoms with E-state index < -0.39 is 0 Å². The van der Waals surface area contributed by atoms with E-state index in [4.69, 9.17) is 18.9 Å². The van der Waals surface area contributed by atoms with Crippen LogP contribution in [0.4, 0.5) is 0 Å². The Morgan fingerprint density at radius 2 is 1.72 bits per heavy atom. The molecule has 2 aromatic heterocycles. The van der Waals surface area contributed by atoms with Crippen molar-refractivity contribution in [3.05, 3.63) is 28.8 Å². The minimum absolute atomic E-state index is 0.438. The maximum atomic E-state index is 5.47. The molecule has 0 fully saturated rings. The van der Waals surface area contributed by atoms with Gasteiger partial charge in [0.05, 0.1) is 45.8 Å². The molecular weight excluding hydrogens is 392 g/mol. The van der Waals surface area contributed by atoms with E-state index in [9.17, 15) is 0 Å². The number of benzene rings is 1. The lowest BCUT2D eigenvalue weighted by atomic mass is 10.1. The van der Waals surface area contributed by atoms with Crippen LogP contribution in [-0.4, -0.2) is 48.0 Å². The molecule has 0 aliphatic carbocycles. The zero-order valence-corrected chi connectivity index (χ0v) is 15.8. The molecule has 0 radical (unpaired) electrons. The number of nitrogens with zero attached hydrogens (tertiary/aromatic N) is 4. The summed E-state index contributed by atoms with van der Waals surface area (Å²) >= 11 is 3.58. The van der Waals surface area contributed by atoms with E-state index in [1.807, 2.05) is 10.6 Å². The van der Waals surface area contributed by atoms with Crippen molar-refractivity contribution >= 4 is 27.1 Å². The first-order valence-corrected chi connectivity index (χ1v) is 8.11. The first kappa shape index (κ1) is 17.3. The van der Waals surface area contributed by atoms with Crippen molar-refractivity contribution in [3.8, 4) is 23.1 Å². The van der Waals surface area contributed by atoms with Crippen molar-refractivity contribution < 1.29 is 18.9 Å². The summed E-state index contributed by atoms with van der Waals surface area (Å²) < 4.78 is 24.2. The molecule has 0 aliphatic heterocycles. The minimum atomic E-state index is 0.438. The van der Waals surface area contributed by atoms with Gasteiger partial charge < -0.3 is 23.5 Å². The van der Waals surface area contributed by atoms with E-state index in [0.29, 0.717) is 40.8 Å². The molecule has 0 bridgehead atoms. The van der Waals surface area contributed by atoms with Crippen molar-refractivity contribution in [3.63, 3.8) is 0 Å². The molecule has 0 spiro atoms. The fourth-order valence-corrected chi connectivity index (χ4v) is 3.18. The van der Waals surface area contributed by atoms with Crippen molar-refractivity contribution in [2.24, 2.45) is 0 Å². The molecular formula is C16H17BrN4O4. The van der Waals surface area contributed by atoms with Gasteiger partial charge in [-0.15, -0.1) is 0 Å². The minimum Gasteiger partial charge on any atom is -0.493 e. The zero-order chi connectivity index (χ0) is 18.0. The molecule has 1 aromatic carbocycles. The lowest BCUT2D eigenvalue weighted by Gasteiger charge is -2.17.